The van der Waals surface area contributed by atoms with Gasteiger partial charge in [0.15, 0.2) is 23.5 Å². The molecule has 0 bridgehead atoms. The second-order valence-corrected chi connectivity index (χ2v) is 7.29. The van der Waals surface area contributed by atoms with Crippen LogP contribution in [-0.2, 0) is 9.59 Å². The number of nitrogens with zero attached hydrogens (tertiary/aromatic N) is 2. The van der Waals surface area contributed by atoms with Gasteiger partial charge < -0.3 is 14.8 Å². The molecule has 1 unspecified atom stereocenters. The van der Waals surface area contributed by atoms with Crippen LogP contribution in [0.15, 0.2) is 36.5 Å². The van der Waals surface area contributed by atoms with Gasteiger partial charge in [-0.1, -0.05) is 13.8 Å². The number of Topliss-reactive ketones (excluding diaryl/α,β-unsaturated/α-hetero) is 1. The Bertz CT molecular complexity index is 975. The number of rotatable bonds is 9. The Morgan fingerprint density at radius 1 is 1.23 bits per heavy atom. The number of pyridine rings is 1. The van der Waals surface area contributed by atoms with Crippen molar-refractivity contribution in [1.29, 1.82) is 0 Å². The molecule has 0 spiro atoms. The first-order chi connectivity index (χ1) is 14.9. The fourth-order valence-electron chi connectivity index (χ4n) is 3.24. The van der Waals surface area contributed by atoms with Gasteiger partial charge in [-0.15, -0.1) is 0 Å². The quantitative estimate of drug-likeness (QED) is 0.617. The topological polar surface area (TPSA) is 97.8 Å². The molecular weight excluding hydrogens is 398 g/mol. The zero-order chi connectivity index (χ0) is 22.4. The number of hydrogen-bond donors (Lipinski definition) is 1. The van der Waals surface area contributed by atoms with Crippen molar-refractivity contribution in [2.45, 2.75) is 46.1 Å². The molecule has 1 aromatic carbocycles. The average molecular weight is 425 g/mol. The van der Waals surface area contributed by atoms with Crippen molar-refractivity contribution in [1.82, 2.24) is 4.98 Å². The van der Waals surface area contributed by atoms with Gasteiger partial charge in [-0.3, -0.25) is 19.3 Å². The Balaban J connectivity index is 1.82. The minimum atomic E-state index is -0.740. The molecule has 0 aliphatic carbocycles. The minimum absolute atomic E-state index is 0.0213. The van der Waals surface area contributed by atoms with Gasteiger partial charge in [0.25, 0.3) is 5.91 Å². The predicted octanol–water partition coefficient (Wildman–Crippen LogP) is 3.61. The van der Waals surface area contributed by atoms with E-state index in [1.165, 1.54) is 4.90 Å². The van der Waals surface area contributed by atoms with E-state index < -0.39 is 12.0 Å². The van der Waals surface area contributed by atoms with Gasteiger partial charge in [-0.05, 0) is 50.1 Å². The number of hydrogen-bond acceptors (Lipinski definition) is 6. The van der Waals surface area contributed by atoms with Crippen molar-refractivity contribution in [3.63, 3.8) is 0 Å². The fraction of sp³-hybridized carbons (Fsp3) is 0.391. The maximum atomic E-state index is 12.8. The summed E-state index contributed by atoms with van der Waals surface area (Å²) in [7, 11) is 0. The summed E-state index contributed by atoms with van der Waals surface area (Å²) in [6.07, 6.45) is 2.76. The molecule has 1 aliphatic heterocycles. The smallest absolute Gasteiger partial charge is 0.268 e. The molecule has 2 amide bonds. The molecule has 1 N–H and O–H groups in total. The van der Waals surface area contributed by atoms with Crippen LogP contribution in [0.5, 0.6) is 11.5 Å². The molecule has 1 aliphatic rings. The van der Waals surface area contributed by atoms with Crippen LogP contribution in [0.4, 0.5) is 11.5 Å². The summed E-state index contributed by atoms with van der Waals surface area (Å²) in [4.78, 5) is 43.4. The first-order valence-electron chi connectivity index (χ1n) is 10.5. The van der Waals surface area contributed by atoms with Crippen LogP contribution in [0.25, 0.3) is 0 Å². The lowest BCUT2D eigenvalue weighted by atomic mass is 10.0. The number of amides is 2. The van der Waals surface area contributed by atoms with E-state index in [0.29, 0.717) is 41.6 Å². The lowest BCUT2D eigenvalue weighted by molar-refractivity contribution is -0.127. The molecule has 1 atom stereocenters. The molecule has 8 heteroatoms. The van der Waals surface area contributed by atoms with Crippen molar-refractivity contribution in [3.05, 3.63) is 42.1 Å². The number of anilines is 2. The standard InChI is InChI=1S/C23H27N3O5/c1-4-7-18(27)16-9-10-19-17(13-16)26(23(29)15(3)31-19)14-21(28)25-22-20(30-12-5-2)8-6-11-24-22/h6,8-11,13,15H,4-5,7,12,14H2,1-3H3,(H,24,25,28). The second-order valence-electron chi connectivity index (χ2n) is 7.29. The third-order valence-electron chi connectivity index (χ3n) is 4.76. The third kappa shape index (κ3) is 5.20. The highest BCUT2D eigenvalue weighted by atomic mass is 16.5. The summed E-state index contributed by atoms with van der Waals surface area (Å²) in [5.41, 5.74) is 0.889. The first-order valence-corrected chi connectivity index (χ1v) is 10.5. The molecule has 3 rings (SSSR count). The molecule has 31 heavy (non-hydrogen) atoms. The van der Waals surface area contributed by atoms with Gasteiger partial charge in [0.2, 0.25) is 5.91 Å². The van der Waals surface area contributed by atoms with Gasteiger partial charge in [0, 0.05) is 18.2 Å². The van der Waals surface area contributed by atoms with Crippen LogP contribution in [0, 0.1) is 0 Å². The molecule has 164 valence electrons. The number of nitrogens with one attached hydrogen (secondary N) is 1. The second kappa shape index (κ2) is 10.1. The SMILES string of the molecule is CCCOc1cccnc1NC(=O)CN1C(=O)C(C)Oc2ccc(C(=O)CCC)cc21. The predicted molar refractivity (Wildman–Crippen MR) is 117 cm³/mol. The van der Waals surface area contributed by atoms with Gasteiger partial charge >= 0.3 is 0 Å². The molecule has 2 aromatic rings. The highest BCUT2D eigenvalue weighted by Gasteiger charge is 2.33. The molecular formula is C23H27N3O5. The Morgan fingerprint density at radius 2 is 2.03 bits per heavy atom. The lowest BCUT2D eigenvalue weighted by Gasteiger charge is -2.32. The number of carbonyl (C=O) groups is 3. The van der Waals surface area contributed by atoms with Crippen molar-refractivity contribution < 1.29 is 23.9 Å². The van der Waals surface area contributed by atoms with Crippen LogP contribution >= 0.6 is 0 Å². The van der Waals surface area contributed by atoms with E-state index in [1.807, 2.05) is 13.8 Å². The largest absolute Gasteiger partial charge is 0.490 e. The summed E-state index contributed by atoms with van der Waals surface area (Å²) in [6.45, 7) is 5.79. The lowest BCUT2D eigenvalue weighted by Crippen LogP contribution is -2.47. The zero-order valence-electron chi connectivity index (χ0n) is 18.0. The highest BCUT2D eigenvalue weighted by Crippen LogP contribution is 2.35. The molecule has 0 saturated carbocycles. The Labute approximate surface area is 181 Å². The number of fused-ring (bicyclic) bond motifs is 1. The third-order valence-corrected chi connectivity index (χ3v) is 4.76. The Morgan fingerprint density at radius 3 is 2.77 bits per heavy atom. The molecule has 8 nitrogen and oxygen atoms in total. The molecule has 0 fully saturated rings. The summed E-state index contributed by atoms with van der Waals surface area (Å²) < 4.78 is 11.3. The van der Waals surface area contributed by atoms with E-state index in [4.69, 9.17) is 9.47 Å². The number of carbonyl (C=O) groups excluding carboxylic acids is 3. The maximum absolute atomic E-state index is 12.8. The monoisotopic (exact) mass is 425 g/mol. The van der Waals surface area contributed by atoms with E-state index in [9.17, 15) is 14.4 Å². The maximum Gasteiger partial charge on any atom is 0.268 e. The number of ether oxygens (including phenoxy) is 2. The highest BCUT2D eigenvalue weighted by molar-refractivity contribution is 6.07. The van der Waals surface area contributed by atoms with E-state index >= 15 is 0 Å². The molecule has 1 aromatic heterocycles. The van der Waals surface area contributed by atoms with Crippen LogP contribution in [0.1, 0.15) is 50.4 Å². The number of benzene rings is 1. The van der Waals surface area contributed by atoms with Crippen LogP contribution in [-0.4, -0.2) is 41.8 Å². The zero-order valence-corrected chi connectivity index (χ0v) is 18.0. The minimum Gasteiger partial charge on any atom is -0.490 e. The van der Waals surface area contributed by atoms with Crippen molar-refractivity contribution in [2.24, 2.45) is 0 Å². The van der Waals surface area contributed by atoms with Crippen molar-refractivity contribution in [2.75, 3.05) is 23.4 Å². The summed E-state index contributed by atoms with van der Waals surface area (Å²) in [6, 6.07) is 8.41. The van der Waals surface area contributed by atoms with Crippen LogP contribution < -0.4 is 19.7 Å². The van der Waals surface area contributed by atoms with Gasteiger partial charge in [0.1, 0.15) is 12.3 Å². The Kier molecular flexibility index (Phi) is 7.23. The van der Waals surface area contributed by atoms with E-state index in [1.54, 1.807) is 43.5 Å². The molecule has 0 radical (unpaired) electrons. The van der Waals surface area contributed by atoms with Crippen molar-refractivity contribution in [3.8, 4) is 11.5 Å². The van der Waals surface area contributed by atoms with Gasteiger partial charge in [-0.25, -0.2) is 4.98 Å². The normalized spacial score (nSPS) is 15.1. The summed E-state index contributed by atoms with van der Waals surface area (Å²) in [5, 5.41) is 2.71. The van der Waals surface area contributed by atoms with E-state index in [0.717, 1.165) is 12.8 Å². The average Bonchev–Trinajstić information content (AvgIpc) is 2.76. The van der Waals surface area contributed by atoms with Crippen LogP contribution in [0.2, 0.25) is 0 Å². The van der Waals surface area contributed by atoms with Crippen molar-refractivity contribution >= 4 is 29.1 Å². The van der Waals surface area contributed by atoms with Crippen LogP contribution in [0.3, 0.4) is 0 Å². The number of ketones is 1. The van der Waals surface area contributed by atoms with E-state index in [2.05, 4.69) is 10.3 Å². The first kappa shape index (κ1) is 22.3. The molecule has 2 heterocycles. The van der Waals surface area contributed by atoms with E-state index in [-0.39, 0.29) is 18.2 Å². The summed E-state index contributed by atoms with van der Waals surface area (Å²) in [5.74, 6) is 0.406. The summed E-state index contributed by atoms with van der Waals surface area (Å²) >= 11 is 0. The van der Waals surface area contributed by atoms with Gasteiger partial charge in [0.05, 0.1) is 12.3 Å². The van der Waals surface area contributed by atoms with Gasteiger partial charge in [-0.2, -0.15) is 0 Å². The fourth-order valence-corrected chi connectivity index (χ4v) is 3.24. The number of aromatic nitrogens is 1. The Hall–Kier alpha value is -3.42. The molecule has 0 saturated heterocycles.